The van der Waals surface area contributed by atoms with Gasteiger partial charge in [-0.1, -0.05) is 22.9 Å². The Hall–Kier alpha value is -3.05. The van der Waals surface area contributed by atoms with Crippen molar-refractivity contribution in [3.05, 3.63) is 57.9 Å². The highest BCUT2D eigenvalue weighted by molar-refractivity contribution is 7.18. The number of rotatable bonds is 8. The second-order valence-corrected chi connectivity index (χ2v) is 7.02. The lowest BCUT2D eigenvalue weighted by molar-refractivity contribution is -0.0504. The van der Waals surface area contributed by atoms with Gasteiger partial charge in [-0.3, -0.25) is 4.79 Å². The van der Waals surface area contributed by atoms with Gasteiger partial charge in [-0.15, -0.1) is 0 Å². The highest BCUT2D eigenvalue weighted by Gasteiger charge is 2.19. The zero-order valence-electron chi connectivity index (χ0n) is 14.7. The van der Waals surface area contributed by atoms with Crippen LogP contribution in [0.1, 0.15) is 15.2 Å². The summed E-state index contributed by atoms with van der Waals surface area (Å²) < 4.78 is 57.5. The maximum Gasteiger partial charge on any atom is 0.387 e. The molecule has 0 bridgehead atoms. The first-order chi connectivity index (χ1) is 14.2. The molecule has 0 amide bonds. The van der Waals surface area contributed by atoms with Crippen LogP contribution in [0.5, 0.6) is 11.5 Å². The van der Waals surface area contributed by atoms with Gasteiger partial charge in [0.1, 0.15) is 22.2 Å². The van der Waals surface area contributed by atoms with Gasteiger partial charge in [-0.2, -0.15) is 17.6 Å². The molecule has 0 aliphatic heterocycles. The monoisotopic (exact) mass is 461 g/mol. The maximum absolute atomic E-state index is 12.6. The Kier molecular flexibility index (Phi) is 6.63. The number of aromatic nitrogens is 1. The molecule has 158 valence electrons. The number of alkyl halides is 4. The molecule has 6 nitrogen and oxygen atoms in total. The average molecular weight is 462 g/mol. The van der Waals surface area contributed by atoms with Crippen molar-refractivity contribution < 1.29 is 31.8 Å². The minimum atomic E-state index is -3.01. The van der Waals surface area contributed by atoms with Crippen LogP contribution < -0.4 is 20.5 Å². The standard InChI is InChI=1S/C18H12ClF4N3O3S/c19-11-7-9(3-6-12(11)29-17(22)23)25-18-26-15(24)14(30-18)13(27)8-1-4-10(5-2-8)28-16(20)21/h1-7,16-17H,24H2,(H,25,26). The van der Waals surface area contributed by atoms with E-state index in [4.69, 9.17) is 17.3 Å². The molecule has 0 atom stereocenters. The summed E-state index contributed by atoms with van der Waals surface area (Å²) in [6, 6.07) is 9.16. The van der Waals surface area contributed by atoms with Gasteiger partial charge in [0.05, 0.1) is 5.02 Å². The molecule has 12 heteroatoms. The van der Waals surface area contributed by atoms with Crippen molar-refractivity contribution in [1.82, 2.24) is 4.98 Å². The van der Waals surface area contributed by atoms with E-state index < -0.39 is 19.0 Å². The van der Waals surface area contributed by atoms with Crippen molar-refractivity contribution in [1.29, 1.82) is 0 Å². The molecule has 3 rings (SSSR count). The normalized spacial score (nSPS) is 11.0. The molecular weight excluding hydrogens is 450 g/mol. The first-order valence-corrected chi connectivity index (χ1v) is 9.29. The van der Waals surface area contributed by atoms with E-state index in [1.54, 1.807) is 0 Å². The lowest BCUT2D eigenvalue weighted by Gasteiger charge is -2.08. The van der Waals surface area contributed by atoms with E-state index in [0.29, 0.717) is 5.69 Å². The summed E-state index contributed by atoms with van der Waals surface area (Å²) in [6.07, 6.45) is 0. The molecule has 1 aromatic heterocycles. The van der Waals surface area contributed by atoms with E-state index in [-0.39, 0.29) is 37.9 Å². The number of ketones is 1. The SMILES string of the molecule is Nc1nc(Nc2ccc(OC(F)F)c(Cl)c2)sc1C(=O)c1ccc(OC(F)F)cc1. The molecule has 0 aliphatic rings. The smallest absolute Gasteiger partial charge is 0.387 e. The van der Waals surface area contributed by atoms with E-state index >= 15 is 0 Å². The number of carbonyl (C=O) groups is 1. The molecule has 2 aromatic carbocycles. The third-order valence-electron chi connectivity index (χ3n) is 3.60. The molecule has 3 N–H and O–H groups in total. The van der Waals surface area contributed by atoms with E-state index in [2.05, 4.69) is 19.8 Å². The summed E-state index contributed by atoms with van der Waals surface area (Å²) >= 11 is 6.85. The van der Waals surface area contributed by atoms with Crippen molar-refractivity contribution in [3.8, 4) is 11.5 Å². The van der Waals surface area contributed by atoms with Crippen molar-refractivity contribution in [2.24, 2.45) is 0 Å². The molecule has 0 saturated heterocycles. The van der Waals surface area contributed by atoms with Crippen molar-refractivity contribution in [2.75, 3.05) is 11.1 Å². The van der Waals surface area contributed by atoms with Crippen LogP contribution in [0.25, 0.3) is 0 Å². The topological polar surface area (TPSA) is 86.5 Å². The van der Waals surface area contributed by atoms with Gasteiger partial charge in [-0.25, -0.2) is 4.98 Å². The largest absolute Gasteiger partial charge is 0.435 e. The fourth-order valence-electron chi connectivity index (χ4n) is 2.36. The molecule has 0 fully saturated rings. The van der Waals surface area contributed by atoms with Gasteiger partial charge in [0, 0.05) is 11.3 Å². The second-order valence-electron chi connectivity index (χ2n) is 5.61. The third-order valence-corrected chi connectivity index (χ3v) is 4.88. The summed E-state index contributed by atoms with van der Waals surface area (Å²) in [5, 5.41) is 3.08. The number of halogens is 5. The Balaban J connectivity index is 1.75. The number of carbonyl (C=O) groups excluding carboxylic acids is 1. The summed E-state index contributed by atoms with van der Waals surface area (Å²) in [6.45, 7) is -5.98. The maximum atomic E-state index is 12.6. The molecule has 0 radical (unpaired) electrons. The Morgan fingerprint density at radius 2 is 1.73 bits per heavy atom. The second kappa shape index (κ2) is 9.18. The van der Waals surface area contributed by atoms with Gasteiger partial charge in [0.15, 0.2) is 5.13 Å². The number of nitrogens with two attached hydrogens (primary N) is 1. The number of nitrogens with zero attached hydrogens (tertiary/aromatic N) is 1. The van der Waals surface area contributed by atoms with Crippen molar-refractivity contribution >= 4 is 45.4 Å². The van der Waals surface area contributed by atoms with E-state index in [1.807, 2.05) is 0 Å². The number of thiazole rings is 1. The molecule has 0 spiro atoms. The van der Waals surface area contributed by atoms with Crippen LogP contribution in [-0.4, -0.2) is 24.0 Å². The van der Waals surface area contributed by atoms with Crippen molar-refractivity contribution in [2.45, 2.75) is 13.2 Å². The molecule has 30 heavy (non-hydrogen) atoms. The Morgan fingerprint density at radius 1 is 1.07 bits per heavy atom. The van der Waals surface area contributed by atoms with E-state index in [9.17, 15) is 22.4 Å². The summed E-state index contributed by atoms with van der Waals surface area (Å²) in [4.78, 5) is 16.8. The molecule has 0 saturated carbocycles. The highest BCUT2D eigenvalue weighted by Crippen LogP contribution is 2.33. The predicted octanol–water partition coefficient (Wildman–Crippen LogP) is 5.56. The summed E-state index contributed by atoms with van der Waals surface area (Å²) in [5.74, 6) is -0.771. The lowest BCUT2D eigenvalue weighted by Crippen LogP contribution is -2.04. The summed E-state index contributed by atoms with van der Waals surface area (Å²) in [5.41, 5.74) is 6.43. The number of anilines is 3. The number of nitrogens with one attached hydrogen (secondary N) is 1. The molecule has 0 aliphatic carbocycles. The van der Waals surface area contributed by atoms with E-state index in [1.165, 1.54) is 42.5 Å². The lowest BCUT2D eigenvalue weighted by atomic mass is 10.1. The average Bonchev–Trinajstić information content (AvgIpc) is 3.03. The number of hydrogen-bond donors (Lipinski definition) is 2. The first kappa shape index (κ1) is 21.7. The quantitative estimate of drug-likeness (QED) is 0.337. The fraction of sp³-hybridized carbons (Fsp3) is 0.111. The molecule has 0 unspecified atom stereocenters. The molecular formula is C18H12ClF4N3O3S. The van der Waals surface area contributed by atoms with Crippen LogP contribution in [0.2, 0.25) is 5.02 Å². The van der Waals surface area contributed by atoms with E-state index in [0.717, 1.165) is 11.3 Å². The number of hydrogen-bond acceptors (Lipinski definition) is 7. The van der Waals surface area contributed by atoms with Crippen LogP contribution in [0.15, 0.2) is 42.5 Å². The third kappa shape index (κ3) is 5.30. The zero-order valence-corrected chi connectivity index (χ0v) is 16.3. The van der Waals surface area contributed by atoms with Gasteiger partial charge in [0.25, 0.3) is 0 Å². The summed E-state index contributed by atoms with van der Waals surface area (Å²) in [7, 11) is 0. The Bertz CT molecular complexity index is 1050. The fourth-order valence-corrected chi connectivity index (χ4v) is 3.45. The van der Waals surface area contributed by atoms with Crippen LogP contribution in [0.3, 0.4) is 0 Å². The molecule has 3 aromatic rings. The molecule has 1 heterocycles. The van der Waals surface area contributed by atoms with Crippen molar-refractivity contribution in [3.63, 3.8) is 0 Å². The van der Waals surface area contributed by atoms with Crippen LogP contribution in [0.4, 0.5) is 34.2 Å². The van der Waals surface area contributed by atoms with Gasteiger partial charge >= 0.3 is 13.2 Å². The number of nitrogen functional groups attached to an aromatic ring is 1. The van der Waals surface area contributed by atoms with Gasteiger partial charge in [-0.05, 0) is 42.5 Å². The Labute approximate surface area is 176 Å². The highest BCUT2D eigenvalue weighted by atomic mass is 35.5. The predicted molar refractivity (Wildman–Crippen MR) is 104 cm³/mol. The zero-order chi connectivity index (χ0) is 21.8. The minimum Gasteiger partial charge on any atom is -0.435 e. The van der Waals surface area contributed by atoms with Crippen LogP contribution >= 0.6 is 22.9 Å². The van der Waals surface area contributed by atoms with Crippen LogP contribution in [0, 0.1) is 0 Å². The first-order valence-electron chi connectivity index (χ1n) is 8.10. The van der Waals surface area contributed by atoms with Crippen LogP contribution in [-0.2, 0) is 0 Å². The Morgan fingerprint density at radius 3 is 2.33 bits per heavy atom. The minimum absolute atomic E-state index is 0.0378. The number of benzene rings is 2. The van der Waals surface area contributed by atoms with Gasteiger partial charge < -0.3 is 20.5 Å². The van der Waals surface area contributed by atoms with Gasteiger partial charge in [0.2, 0.25) is 5.78 Å². The number of ether oxygens (including phenoxy) is 2.